The van der Waals surface area contributed by atoms with Crippen LogP contribution in [0.25, 0.3) is 0 Å². The van der Waals surface area contributed by atoms with Crippen LogP contribution in [0.1, 0.15) is 38.8 Å². The lowest BCUT2D eigenvalue weighted by Gasteiger charge is -2.33. The number of nitrogen functional groups attached to an aromatic ring is 1. The summed E-state index contributed by atoms with van der Waals surface area (Å²) in [6, 6.07) is 2.47. The van der Waals surface area contributed by atoms with E-state index in [0.29, 0.717) is 17.9 Å². The second kappa shape index (κ2) is 4.90. The van der Waals surface area contributed by atoms with Crippen LogP contribution in [0.3, 0.4) is 0 Å². The molecule has 1 aromatic rings. The summed E-state index contributed by atoms with van der Waals surface area (Å²) in [6.07, 6.45) is 3.80. The average Bonchev–Trinajstić information content (AvgIpc) is 2.21. The number of aryl methyl sites for hydroxylation is 1. The summed E-state index contributed by atoms with van der Waals surface area (Å²) < 4.78 is 0. The molecule has 4 heteroatoms. The van der Waals surface area contributed by atoms with Crippen LogP contribution in [0.15, 0.2) is 6.07 Å². The van der Waals surface area contributed by atoms with Crippen LogP contribution in [0.2, 0.25) is 0 Å². The SMILES string of the molecule is Cc1cc(NC2CCC(C)CC2C)nc(N)n1. The molecule has 1 aromatic heterocycles. The van der Waals surface area contributed by atoms with E-state index in [-0.39, 0.29) is 0 Å². The van der Waals surface area contributed by atoms with E-state index in [1.807, 2.05) is 13.0 Å². The Bertz CT molecular complexity index is 371. The summed E-state index contributed by atoms with van der Waals surface area (Å²) in [5, 5.41) is 3.50. The lowest BCUT2D eigenvalue weighted by atomic mass is 9.80. The molecule has 4 nitrogen and oxygen atoms in total. The van der Waals surface area contributed by atoms with Crippen molar-refractivity contribution >= 4 is 11.8 Å². The van der Waals surface area contributed by atoms with Crippen molar-refractivity contribution in [2.75, 3.05) is 11.1 Å². The van der Waals surface area contributed by atoms with E-state index in [4.69, 9.17) is 5.73 Å². The molecule has 2 rings (SSSR count). The third-order valence-corrected chi connectivity index (χ3v) is 3.64. The summed E-state index contributed by atoms with van der Waals surface area (Å²) in [5.74, 6) is 2.75. The highest BCUT2D eigenvalue weighted by molar-refractivity contribution is 5.41. The molecular weight excluding hydrogens is 212 g/mol. The van der Waals surface area contributed by atoms with Crippen LogP contribution in [0.5, 0.6) is 0 Å². The number of aromatic nitrogens is 2. The third kappa shape index (κ3) is 3.08. The number of rotatable bonds is 2. The van der Waals surface area contributed by atoms with Gasteiger partial charge in [-0.05, 0) is 38.0 Å². The maximum atomic E-state index is 5.66. The van der Waals surface area contributed by atoms with Gasteiger partial charge >= 0.3 is 0 Å². The van der Waals surface area contributed by atoms with Crippen molar-refractivity contribution in [3.8, 4) is 0 Å². The Morgan fingerprint density at radius 2 is 2.06 bits per heavy atom. The highest BCUT2D eigenvalue weighted by Gasteiger charge is 2.25. The van der Waals surface area contributed by atoms with Crippen molar-refractivity contribution in [2.45, 2.75) is 46.1 Å². The van der Waals surface area contributed by atoms with Gasteiger partial charge in [-0.3, -0.25) is 0 Å². The predicted octanol–water partition coefficient (Wildman–Crippen LogP) is 2.60. The average molecular weight is 234 g/mol. The van der Waals surface area contributed by atoms with Crippen molar-refractivity contribution in [3.05, 3.63) is 11.8 Å². The van der Waals surface area contributed by atoms with Gasteiger partial charge in [0.1, 0.15) is 5.82 Å². The van der Waals surface area contributed by atoms with E-state index in [2.05, 4.69) is 29.1 Å². The fourth-order valence-electron chi connectivity index (χ4n) is 2.74. The first-order valence-electron chi connectivity index (χ1n) is 6.42. The molecule has 1 aliphatic rings. The zero-order valence-corrected chi connectivity index (χ0v) is 10.9. The second-order valence-electron chi connectivity index (χ2n) is 5.40. The Morgan fingerprint density at radius 1 is 1.29 bits per heavy atom. The van der Waals surface area contributed by atoms with Crippen LogP contribution in [-0.4, -0.2) is 16.0 Å². The molecule has 1 aliphatic carbocycles. The fourth-order valence-corrected chi connectivity index (χ4v) is 2.74. The molecule has 0 amide bonds. The van der Waals surface area contributed by atoms with Crippen molar-refractivity contribution < 1.29 is 0 Å². The monoisotopic (exact) mass is 234 g/mol. The van der Waals surface area contributed by atoms with Gasteiger partial charge < -0.3 is 11.1 Å². The fraction of sp³-hybridized carbons (Fsp3) is 0.692. The molecule has 0 aliphatic heterocycles. The van der Waals surface area contributed by atoms with Gasteiger partial charge in [-0.25, -0.2) is 4.98 Å². The maximum Gasteiger partial charge on any atom is 0.222 e. The predicted molar refractivity (Wildman–Crippen MR) is 70.8 cm³/mol. The molecule has 0 bridgehead atoms. The number of nitrogens with two attached hydrogens (primary N) is 1. The van der Waals surface area contributed by atoms with Crippen LogP contribution in [-0.2, 0) is 0 Å². The summed E-state index contributed by atoms with van der Waals surface area (Å²) in [7, 11) is 0. The van der Waals surface area contributed by atoms with Gasteiger partial charge in [0.05, 0.1) is 0 Å². The molecule has 3 N–H and O–H groups in total. The zero-order chi connectivity index (χ0) is 12.4. The summed E-state index contributed by atoms with van der Waals surface area (Å²) in [6.45, 7) is 6.58. The molecular formula is C13H22N4. The molecule has 0 aromatic carbocycles. The topological polar surface area (TPSA) is 63.8 Å². The highest BCUT2D eigenvalue weighted by atomic mass is 15.1. The second-order valence-corrected chi connectivity index (χ2v) is 5.40. The van der Waals surface area contributed by atoms with Crippen LogP contribution in [0, 0.1) is 18.8 Å². The van der Waals surface area contributed by atoms with Gasteiger partial charge in [0.15, 0.2) is 0 Å². The Morgan fingerprint density at radius 3 is 2.71 bits per heavy atom. The van der Waals surface area contributed by atoms with Crippen LogP contribution >= 0.6 is 0 Å². The van der Waals surface area contributed by atoms with E-state index in [0.717, 1.165) is 17.4 Å². The quantitative estimate of drug-likeness (QED) is 0.825. The lowest BCUT2D eigenvalue weighted by molar-refractivity contribution is 0.276. The van der Waals surface area contributed by atoms with E-state index in [9.17, 15) is 0 Å². The standard InChI is InChI=1S/C13H22N4/c1-8-4-5-11(9(2)6-8)16-12-7-10(3)15-13(14)17-12/h7-9,11H,4-6H2,1-3H3,(H3,14,15,16,17). The molecule has 3 unspecified atom stereocenters. The lowest BCUT2D eigenvalue weighted by Crippen LogP contribution is -2.33. The highest BCUT2D eigenvalue weighted by Crippen LogP contribution is 2.30. The Hall–Kier alpha value is -1.32. The minimum Gasteiger partial charge on any atom is -0.368 e. The molecule has 1 saturated carbocycles. The van der Waals surface area contributed by atoms with Gasteiger partial charge in [0.2, 0.25) is 5.95 Å². The first-order chi connectivity index (χ1) is 8.04. The Kier molecular flexibility index (Phi) is 3.50. The van der Waals surface area contributed by atoms with Crippen LogP contribution in [0.4, 0.5) is 11.8 Å². The van der Waals surface area contributed by atoms with E-state index < -0.39 is 0 Å². The molecule has 1 heterocycles. The zero-order valence-electron chi connectivity index (χ0n) is 10.9. The summed E-state index contributed by atoms with van der Waals surface area (Å²) in [4.78, 5) is 8.32. The van der Waals surface area contributed by atoms with Crippen molar-refractivity contribution in [2.24, 2.45) is 11.8 Å². The Balaban J connectivity index is 2.05. The van der Waals surface area contributed by atoms with E-state index >= 15 is 0 Å². The van der Waals surface area contributed by atoms with Gasteiger partial charge in [-0.15, -0.1) is 0 Å². The van der Waals surface area contributed by atoms with Crippen LogP contribution < -0.4 is 11.1 Å². The summed E-state index contributed by atoms with van der Waals surface area (Å²) in [5.41, 5.74) is 6.57. The summed E-state index contributed by atoms with van der Waals surface area (Å²) >= 11 is 0. The Labute approximate surface area is 103 Å². The normalized spacial score (nSPS) is 29.0. The van der Waals surface area contributed by atoms with Gasteiger partial charge in [0, 0.05) is 17.8 Å². The van der Waals surface area contributed by atoms with Gasteiger partial charge in [0.25, 0.3) is 0 Å². The molecule has 94 valence electrons. The molecule has 17 heavy (non-hydrogen) atoms. The van der Waals surface area contributed by atoms with Crippen molar-refractivity contribution in [1.29, 1.82) is 0 Å². The molecule has 3 atom stereocenters. The van der Waals surface area contributed by atoms with Gasteiger partial charge in [-0.1, -0.05) is 13.8 Å². The smallest absolute Gasteiger partial charge is 0.222 e. The number of nitrogens with zero attached hydrogens (tertiary/aromatic N) is 2. The third-order valence-electron chi connectivity index (χ3n) is 3.64. The number of hydrogen-bond acceptors (Lipinski definition) is 4. The number of nitrogens with one attached hydrogen (secondary N) is 1. The minimum atomic E-state index is 0.351. The van der Waals surface area contributed by atoms with E-state index in [1.165, 1.54) is 19.3 Å². The minimum absolute atomic E-state index is 0.351. The number of anilines is 2. The largest absolute Gasteiger partial charge is 0.368 e. The molecule has 1 fully saturated rings. The molecule has 0 saturated heterocycles. The first-order valence-corrected chi connectivity index (χ1v) is 6.42. The van der Waals surface area contributed by atoms with Crippen molar-refractivity contribution in [3.63, 3.8) is 0 Å². The molecule has 0 spiro atoms. The van der Waals surface area contributed by atoms with Crippen molar-refractivity contribution in [1.82, 2.24) is 9.97 Å². The van der Waals surface area contributed by atoms with Gasteiger partial charge in [-0.2, -0.15) is 4.98 Å². The molecule has 0 radical (unpaired) electrons. The first kappa shape index (κ1) is 12.1. The van der Waals surface area contributed by atoms with E-state index in [1.54, 1.807) is 0 Å². The number of hydrogen-bond donors (Lipinski definition) is 2. The maximum absolute atomic E-state index is 5.66.